The number of nitrogens with zero attached hydrogens (tertiary/aromatic N) is 2. The zero-order valence-electron chi connectivity index (χ0n) is 13.4. The fraction of sp³-hybridized carbons (Fsp3) is 0.412. The molecule has 3 rings (SSSR count). The molecule has 1 aliphatic heterocycles. The summed E-state index contributed by atoms with van der Waals surface area (Å²) in [6.45, 7) is -0.404. The fourth-order valence-corrected chi connectivity index (χ4v) is 3.70. The van der Waals surface area contributed by atoms with Crippen molar-refractivity contribution in [1.29, 1.82) is 0 Å². The highest BCUT2D eigenvalue weighted by Crippen LogP contribution is 2.31. The third-order valence-electron chi connectivity index (χ3n) is 4.06. The van der Waals surface area contributed by atoms with Crippen LogP contribution in [0.5, 0.6) is 0 Å². The molecule has 0 radical (unpaired) electrons. The van der Waals surface area contributed by atoms with Gasteiger partial charge in [0.25, 0.3) is 5.56 Å². The largest absolute Gasteiger partial charge is 0.394 e. The van der Waals surface area contributed by atoms with Crippen molar-refractivity contribution in [3.05, 3.63) is 58.5 Å². The van der Waals surface area contributed by atoms with E-state index in [9.17, 15) is 20.1 Å². The van der Waals surface area contributed by atoms with Crippen LogP contribution in [0.1, 0.15) is 11.8 Å². The van der Waals surface area contributed by atoms with Crippen molar-refractivity contribution in [2.75, 3.05) is 12.4 Å². The molecule has 0 saturated carbocycles. The number of benzene rings is 1. The summed E-state index contributed by atoms with van der Waals surface area (Å²) >= 11 is 1.37. The minimum absolute atomic E-state index is 0.384. The predicted molar refractivity (Wildman–Crippen MR) is 92.4 cm³/mol. The second-order valence-corrected chi connectivity index (χ2v) is 6.83. The first-order valence-electron chi connectivity index (χ1n) is 7.98. The molecular weight excluding hydrogens is 344 g/mol. The second-order valence-electron chi connectivity index (χ2n) is 5.77. The Kier molecular flexibility index (Phi) is 5.87. The molecule has 1 aliphatic rings. The molecule has 8 heteroatoms. The molecule has 2 heterocycles. The summed E-state index contributed by atoms with van der Waals surface area (Å²) in [4.78, 5) is 15.6. The number of aliphatic hydroxyl groups excluding tert-OH is 3. The summed E-state index contributed by atoms with van der Waals surface area (Å²) in [6.07, 6.45) is -1.90. The smallest absolute Gasteiger partial charge is 0.273 e. The maximum Gasteiger partial charge on any atom is 0.273 e. The monoisotopic (exact) mass is 364 g/mol. The van der Waals surface area contributed by atoms with Gasteiger partial charge >= 0.3 is 0 Å². The first-order chi connectivity index (χ1) is 12.1. The first-order valence-corrected chi connectivity index (χ1v) is 8.97. The Bertz CT molecular complexity index is 754. The van der Waals surface area contributed by atoms with Crippen LogP contribution in [-0.2, 0) is 11.2 Å². The van der Waals surface area contributed by atoms with Gasteiger partial charge in [0.2, 0.25) is 0 Å². The van der Waals surface area contributed by atoms with Gasteiger partial charge < -0.3 is 20.1 Å². The Morgan fingerprint density at radius 1 is 1.16 bits per heavy atom. The lowest BCUT2D eigenvalue weighted by Gasteiger charge is -2.20. The van der Waals surface area contributed by atoms with E-state index >= 15 is 0 Å². The van der Waals surface area contributed by atoms with Gasteiger partial charge in [-0.1, -0.05) is 42.1 Å². The highest BCUT2D eigenvalue weighted by molar-refractivity contribution is 7.99. The van der Waals surface area contributed by atoms with Crippen molar-refractivity contribution >= 4 is 11.8 Å². The topological polar surface area (TPSA) is 105 Å². The standard InChI is InChI=1S/C17H20N2O5S/c20-10-12-14(22)15(23)16(24-12)19-8-6-13(21)18-17(19)25-9-7-11-4-2-1-3-5-11/h1-6,8,12,14-16,20,22-23H,7,9-10H2/t12-,14-,15-,16-/m1/s1. The third-order valence-corrected chi connectivity index (χ3v) is 5.03. The number of aliphatic hydroxyl groups is 3. The molecule has 25 heavy (non-hydrogen) atoms. The lowest BCUT2D eigenvalue weighted by atomic mass is 10.1. The molecule has 1 aromatic carbocycles. The van der Waals surface area contributed by atoms with Crippen LogP contribution in [0.3, 0.4) is 0 Å². The summed E-state index contributed by atoms with van der Waals surface area (Å²) < 4.78 is 7.05. The Labute approximate surface area is 148 Å². The molecule has 1 fully saturated rings. The van der Waals surface area contributed by atoms with E-state index in [4.69, 9.17) is 4.74 Å². The van der Waals surface area contributed by atoms with Crippen LogP contribution in [0.25, 0.3) is 0 Å². The number of hydrogen-bond acceptors (Lipinski definition) is 7. The minimum atomic E-state index is -1.21. The summed E-state index contributed by atoms with van der Waals surface area (Å²) in [7, 11) is 0. The lowest BCUT2D eigenvalue weighted by Crippen LogP contribution is -2.33. The number of rotatable bonds is 6. The van der Waals surface area contributed by atoms with Crippen molar-refractivity contribution in [3.63, 3.8) is 0 Å². The SMILES string of the molecule is O=c1ccn([C@@H]2O[C@H](CO)[C@@H](O)[C@H]2O)c(SCCc2ccccc2)n1. The second kappa shape index (κ2) is 8.11. The molecule has 2 aromatic rings. The molecule has 0 spiro atoms. The van der Waals surface area contributed by atoms with Crippen LogP contribution in [0, 0.1) is 0 Å². The van der Waals surface area contributed by atoms with Gasteiger partial charge in [0, 0.05) is 18.0 Å². The van der Waals surface area contributed by atoms with E-state index in [-0.39, 0.29) is 5.56 Å². The zero-order valence-corrected chi connectivity index (χ0v) is 14.2. The van der Waals surface area contributed by atoms with Gasteiger partial charge in [-0.2, -0.15) is 4.98 Å². The number of ether oxygens (including phenoxy) is 1. The van der Waals surface area contributed by atoms with Gasteiger partial charge in [-0.15, -0.1) is 0 Å². The highest BCUT2D eigenvalue weighted by atomic mass is 32.2. The Morgan fingerprint density at radius 2 is 1.92 bits per heavy atom. The van der Waals surface area contributed by atoms with Crippen molar-refractivity contribution in [1.82, 2.24) is 9.55 Å². The van der Waals surface area contributed by atoms with Crippen LogP contribution in [0.2, 0.25) is 0 Å². The molecule has 4 atom stereocenters. The first kappa shape index (κ1) is 18.1. The van der Waals surface area contributed by atoms with E-state index in [1.807, 2.05) is 30.3 Å². The quantitative estimate of drug-likeness (QED) is 0.496. The molecule has 0 bridgehead atoms. The van der Waals surface area contributed by atoms with E-state index in [1.165, 1.54) is 34.2 Å². The highest BCUT2D eigenvalue weighted by Gasteiger charge is 2.43. The van der Waals surface area contributed by atoms with E-state index < -0.39 is 31.1 Å². The average Bonchev–Trinajstić information content (AvgIpc) is 2.91. The van der Waals surface area contributed by atoms with Crippen LogP contribution < -0.4 is 5.56 Å². The van der Waals surface area contributed by atoms with Gasteiger partial charge in [0.05, 0.1) is 6.61 Å². The van der Waals surface area contributed by atoms with E-state index in [1.54, 1.807) is 0 Å². The van der Waals surface area contributed by atoms with Crippen molar-refractivity contribution in [3.8, 4) is 0 Å². The fourth-order valence-electron chi connectivity index (χ4n) is 2.71. The Hall–Kier alpha value is -1.71. The lowest BCUT2D eigenvalue weighted by molar-refractivity contribution is -0.0577. The zero-order chi connectivity index (χ0) is 17.8. The van der Waals surface area contributed by atoms with Crippen LogP contribution in [-0.4, -0.2) is 55.5 Å². The van der Waals surface area contributed by atoms with Crippen molar-refractivity contribution < 1.29 is 20.1 Å². The normalized spacial score (nSPS) is 26.0. The van der Waals surface area contributed by atoms with Gasteiger partial charge in [-0.3, -0.25) is 9.36 Å². The van der Waals surface area contributed by atoms with E-state index in [0.717, 1.165) is 6.42 Å². The minimum Gasteiger partial charge on any atom is -0.394 e. The van der Waals surface area contributed by atoms with Gasteiger partial charge in [0.1, 0.15) is 18.3 Å². The molecular formula is C17H20N2O5S. The number of hydrogen-bond donors (Lipinski definition) is 3. The molecule has 0 amide bonds. The maximum atomic E-state index is 11.6. The summed E-state index contributed by atoms with van der Waals surface area (Å²) in [5.74, 6) is 0.690. The van der Waals surface area contributed by atoms with Crippen LogP contribution >= 0.6 is 11.8 Å². The number of aryl methyl sites for hydroxylation is 1. The Balaban J connectivity index is 1.75. The van der Waals surface area contributed by atoms with Crippen LogP contribution in [0.15, 0.2) is 52.5 Å². The summed E-state index contributed by atoms with van der Waals surface area (Å²) in [6, 6.07) is 11.2. The molecule has 0 unspecified atom stereocenters. The molecule has 7 nitrogen and oxygen atoms in total. The summed E-state index contributed by atoms with van der Waals surface area (Å²) in [5, 5.41) is 29.7. The molecule has 1 aromatic heterocycles. The van der Waals surface area contributed by atoms with Crippen molar-refractivity contribution in [2.45, 2.75) is 36.1 Å². The third kappa shape index (κ3) is 4.10. The molecule has 0 aliphatic carbocycles. The van der Waals surface area contributed by atoms with E-state index in [0.29, 0.717) is 10.9 Å². The van der Waals surface area contributed by atoms with Gasteiger partial charge in [-0.25, -0.2) is 0 Å². The molecule has 1 saturated heterocycles. The summed E-state index contributed by atoms with van der Waals surface area (Å²) in [5.41, 5.74) is 0.790. The average molecular weight is 364 g/mol. The molecule has 134 valence electrons. The van der Waals surface area contributed by atoms with Crippen LogP contribution in [0.4, 0.5) is 0 Å². The maximum absolute atomic E-state index is 11.6. The van der Waals surface area contributed by atoms with Gasteiger partial charge in [-0.05, 0) is 12.0 Å². The van der Waals surface area contributed by atoms with Gasteiger partial charge in [0.15, 0.2) is 11.4 Å². The predicted octanol–water partition coefficient (Wildman–Crippen LogP) is 0.190. The number of thioether (sulfide) groups is 1. The molecule has 3 N–H and O–H groups in total. The van der Waals surface area contributed by atoms with Crippen molar-refractivity contribution in [2.24, 2.45) is 0 Å². The van der Waals surface area contributed by atoms with E-state index in [2.05, 4.69) is 4.98 Å². The number of aromatic nitrogens is 2. The Morgan fingerprint density at radius 3 is 2.60 bits per heavy atom.